The number of methoxy groups -OCH3 is 4. The third-order valence-electron chi connectivity index (χ3n) is 4.35. The van der Waals surface area contributed by atoms with Crippen LogP contribution in [-0.2, 0) is 0 Å². The van der Waals surface area contributed by atoms with Crippen LogP contribution in [0.1, 0.15) is 18.5 Å². The minimum atomic E-state index is -0.364. The lowest BCUT2D eigenvalue weighted by Gasteiger charge is -2.18. The van der Waals surface area contributed by atoms with Crippen LogP contribution >= 0.6 is 11.3 Å². The molecule has 0 saturated carbocycles. The predicted octanol–water partition coefficient (Wildman–Crippen LogP) is 4.21. The molecule has 29 heavy (non-hydrogen) atoms. The van der Waals surface area contributed by atoms with Crippen LogP contribution in [0.3, 0.4) is 0 Å². The van der Waals surface area contributed by atoms with Gasteiger partial charge in [-0.05, 0) is 42.8 Å². The smallest absolute Gasteiger partial charge is 0.321 e. The quantitative estimate of drug-likeness (QED) is 0.598. The van der Waals surface area contributed by atoms with E-state index in [0.29, 0.717) is 22.4 Å². The van der Waals surface area contributed by atoms with Gasteiger partial charge in [-0.15, -0.1) is 0 Å². The zero-order valence-electron chi connectivity index (χ0n) is 16.9. The molecule has 2 amide bonds. The topological polar surface area (TPSA) is 90.9 Å². The second kappa shape index (κ2) is 8.87. The molecule has 1 heterocycles. The van der Waals surface area contributed by atoms with E-state index in [4.69, 9.17) is 18.9 Å². The number of benzene rings is 2. The van der Waals surface area contributed by atoms with Crippen LogP contribution in [-0.4, -0.2) is 39.5 Å². The van der Waals surface area contributed by atoms with Crippen molar-refractivity contribution in [1.82, 2.24) is 10.3 Å². The maximum Gasteiger partial charge on any atom is 0.321 e. The Labute approximate surface area is 172 Å². The fourth-order valence-electron chi connectivity index (χ4n) is 2.85. The van der Waals surface area contributed by atoms with E-state index in [2.05, 4.69) is 15.6 Å². The van der Waals surface area contributed by atoms with Gasteiger partial charge in [-0.1, -0.05) is 11.3 Å². The van der Waals surface area contributed by atoms with E-state index in [9.17, 15) is 4.79 Å². The van der Waals surface area contributed by atoms with E-state index in [1.54, 1.807) is 40.6 Å². The van der Waals surface area contributed by atoms with E-state index >= 15 is 0 Å². The van der Waals surface area contributed by atoms with Crippen molar-refractivity contribution in [1.29, 1.82) is 0 Å². The average Bonchev–Trinajstić information content (AvgIpc) is 3.13. The summed E-state index contributed by atoms with van der Waals surface area (Å²) >= 11 is 1.38. The molecular formula is C20H23N3O5S. The normalized spacial score (nSPS) is 11.6. The summed E-state index contributed by atoms with van der Waals surface area (Å²) in [6, 6.07) is 8.50. The molecular weight excluding hydrogens is 394 g/mol. The number of fused-ring (bicyclic) bond motifs is 1. The molecule has 0 fully saturated rings. The van der Waals surface area contributed by atoms with Crippen LogP contribution in [0.2, 0.25) is 0 Å². The molecule has 0 aliphatic rings. The Balaban J connectivity index is 1.73. The van der Waals surface area contributed by atoms with Crippen LogP contribution < -0.4 is 29.6 Å². The zero-order valence-corrected chi connectivity index (χ0v) is 17.7. The fourth-order valence-corrected chi connectivity index (χ4v) is 3.74. The summed E-state index contributed by atoms with van der Waals surface area (Å²) in [5, 5.41) is 6.17. The molecule has 0 radical (unpaired) electrons. The fraction of sp³-hybridized carbons (Fsp3) is 0.300. The van der Waals surface area contributed by atoms with Gasteiger partial charge >= 0.3 is 6.03 Å². The van der Waals surface area contributed by atoms with Gasteiger partial charge in [0.05, 0.1) is 44.7 Å². The standard InChI is InChI=1S/C20H23N3O5S/c1-11(12-8-15(26-3)18(28-5)16(9-12)27-4)21-19(24)23-20-22-14-7-6-13(25-2)10-17(14)29-20/h6-11H,1-5H3,(H2,21,22,23,24). The number of hydrogen-bond donors (Lipinski definition) is 2. The molecule has 2 N–H and O–H groups in total. The minimum Gasteiger partial charge on any atom is -0.497 e. The molecule has 0 saturated heterocycles. The molecule has 9 heteroatoms. The summed E-state index contributed by atoms with van der Waals surface area (Å²) < 4.78 is 22.2. The Bertz CT molecular complexity index is 996. The first-order valence-corrected chi connectivity index (χ1v) is 9.62. The number of ether oxygens (including phenoxy) is 4. The van der Waals surface area contributed by atoms with E-state index in [-0.39, 0.29) is 12.1 Å². The third-order valence-corrected chi connectivity index (χ3v) is 5.28. The summed E-state index contributed by atoms with van der Waals surface area (Å²) in [5.74, 6) is 2.29. The molecule has 3 aromatic rings. The second-order valence-corrected chi connectivity index (χ2v) is 7.16. The number of rotatable bonds is 7. The maximum absolute atomic E-state index is 12.5. The first kappa shape index (κ1) is 20.5. The Morgan fingerprint density at radius 1 is 1.00 bits per heavy atom. The van der Waals surface area contributed by atoms with Crippen molar-refractivity contribution >= 4 is 32.7 Å². The van der Waals surface area contributed by atoms with Gasteiger partial charge in [0.15, 0.2) is 16.6 Å². The Morgan fingerprint density at radius 2 is 1.69 bits per heavy atom. The number of urea groups is 1. The van der Waals surface area contributed by atoms with Gasteiger partial charge in [0.1, 0.15) is 5.75 Å². The number of anilines is 1. The first-order valence-electron chi connectivity index (χ1n) is 8.81. The van der Waals surface area contributed by atoms with E-state index in [1.165, 1.54) is 11.3 Å². The molecule has 1 atom stereocenters. The molecule has 1 aromatic heterocycles. The highest BCUT2D eigenvalue weighted by Crippen LogP contribution is 2.39. The lowest BCUT2D eigenvalue weighted by atomic mass is 10.1. The lowest BCUT2D eigenvalue weighted by Crippen LogP contribution is -2.31. The summed E-state index contributed by atoms with van der Waals surface area (Å²) in [6.07, 6.45) is 0. The highest BCUT2D eigenvalue weighted by molar-refractivity contribution is 7.22. The number of nitrogens with one attached hydrogen (secondary N) is 2. The number of thiazole rings is 1. The van der Waals surface area contributed by atoms with Gasteiger partial charge in [0, 0.05) is 0 Å². The van der Waals surface area contributed by atoms with Gasteiger partial charge < -0.3 is 24.3 Å². The predicted molar refractivity (Wildman–Crippen MR) is 113 cm³/mol. The Hall–Kier alpha value is -3.20. The van der Waals surface area contributed by atoms with Crippen molar-refractivity contribution in [3.8, 4) is 23.0 Å². The van der Waals surface area contributed by atoms with Crippen LogP contribution in [0.25, 0.3) is 10.2 Å². The molecule has 0 aliphatic carbocycles. The van der Waals surface area contributed by atoms with Crippen molar-refractivity contribution in [3.63, 3.8) is 0 Å². The van der Waals surface area contributed by atoms with Gasteiger partial charge in [-0.25, -0.2) is 9.78 Å². The number of nitrogens with zero attached hydrogens (tertiary/aromatic N) is 1. The minimum absolute atomic E-state index is 0.307. The lowest BCUT2D eigenvalue weighted by molar-refractivity contribution is 0.249. The van der Waals surface area contributed by atoms with Crippen molar-refractivity contribution in [2.24, 2.45) is 0 Å². The molecule has 154 valence electrons. The van der Waals surface area contributed by atoms with Crippen molar-refractivity contribution in [2.75, 3.05) is 33.8 Å². The van der Waals surface area contributed by atoms with Gasteiger partial charge in [0.25, 0.3) is 0 Å². The van der Waals surface area contributed by atoms with E-state index in [1.807, 2.05) is 25.1 Å². The number of carbonyl (C=O) groups excluding carboxylic acids is 1. The van der Waals surface area contributed by atoms with Crippen LogP contribution in [0.15, 0.2) is 30.3 Å². The molecule has 0 spiro atoms. The van der Waals surface area contributed by atoms with Gasteiger partial charge in [-0.3, -0.25) is 5.32 Å². The molecule has 2 aromatic carbocycles. The SMILES string of the molecule is COc1ccc2nc(NC(=O)NC(C)c3cc(OC)c(OC)c(OC)c3)sc2c1. The zero-order chi connectivity index (χ0) is 21.0. The molecule has 8 nitrogen and oxygen atoms in total. The summed E-state index contributed by atoms with van der Waals surface area (Å²) in [6.45, 7) is 1.86. The summed E-state index contributed by atoms with van der Waals surface area (Å²) in [5.41, 5.74) is 1.60. The number of carbonyl (C=O) groups is 1. The number of aromatic nitrogens is 1. The van der Waals surface area contributed by atoms with Crippen molar-refractivity contribution in [3.05, 3.63) is 35.9 Å². The Morgan fingerprint density at radius 3 is 2.28 bits per heavy atom. The summed E-state index contributed by atoms with van der Waals surface area (Å²) in [4.78, 5) is 16.9. The first-order chi connectivity index (χ1) is 14.0. The maximum atomic E-state index is 12.5. The number of hydrogen-bond acceptors (Lipinski definition) is 7. The highest BCUT2D eigenvalue weighted by atomic mass is 32.1. The third kappa shape index (κ3) is 4.45. The van der Waals surface area contributed by atoms with E-state index in [0.717, 1.165) is 21.5 Å². The number of amides is 2. The van der Waals surface area contributed by atoms with Crippen LogP contribution in [0.5, 0.6) is 23.0 Å². The van der Waals surface area contributed by atoms with Crippen LogP contribution in [0.4, 0.5) is 9.93 Å². The molecule has 0 bridgehead atoms. The molecule has 3 rings (SSSR count). The van der Waals surface area contributed by atoms with Gasteiger partial charge in [-0.2, -0.15) is 0 Å². The van der Waals surface area contributed by atoms with E-state index < -0.39 is 0 Å². The Kier molecular flexibility index (Phi) is 6.28. The van der Waals surface area contributed by atoms with Gasteiger partial charge in [0.2, 0.25) is 5.75 Å². The van der Waals surface area contributed by atoms with Crippen LogP contribution in [0, 0.1) is 0 Å². The largest absolute Gasteiger partial charge is 0.497 e. The molecule has 0 aliphatic heterocycles. The monoisotopic (exact) mass is 417 g/mol. The second-order valence-electron chi connectivity index (χ2n) is 6.13. The van der Waals surface area contributed by atoms with Crippen molar-refractivity contribution < 1.29 is 23.7 Å². The summed E-state index contributed by atoms with van der Waals surface area (Å²) in [7, 11) is 6.25. The average molecular weight is 417 g/mol. The molecule has 1 unspecified atom stereocenters. The van der Waals surface area contributed by atoms with Crippen molar-refractivity contribution in [2.45, 2.75) is 13.0 Å². The highest BCUT2D eigenvalue weighted by Gasteiger charge is 2.18.